The normalized spacial score (nSPS) is 15.8. The minimum absolute atomic E-state index is 0.244. The molecular weight excluding hydrogens is 166 g/mol. The number of carbonyl (C=O) groups is 1. The fourth-order valence-corrected chi connectivity index (χ4v) is 1.83. The molecule has 0 saturated carbocycles. The van der Waals surface area contributed by atoms with Gasteiger partial charge in [-0.25, -0.2) is 0 Å². The Balaban J connectivity index is 4.54. The highest BCUT2D eigenvalue weighted by atomic mass is 16.4. The highest BCUT2D eigenvalue weighted by molar-refractivity contribution is 5.74. The third-order valence-electron chi connectivity index (χ3n) is 2.37. The molecule has 0 aromatic heterocycles. The topological polar surface area (TPSA) is 63.3 Å². The Morgan fingerprint density at radius 3 is 2.31 bits per heavy atom. The van der Waals surface area contributed by atoms with Gasteiger partial charge in [-0.2, -0.15) is 0 Å². The summed E-state index contributed by atoms with van der Waals surface area (Å²) in [5.41, 5.74) is 4.87. The van der Waals surface area contributed by atoms with Gasteiger partial charge in [0.05, 0.1) is 5.41 Å². The van der Waals surface area contributed by atoms with Gasteiger partial charge in [-0.05, 0) is 18.8 Å². The Morgan fingerprint density at radius 2 is 2.08 bits per heavy atom. The van der Waals surface area contributed by atoms with Crippen LogP contribution in [0.3, 0.4) is 0 Å². The van der Waals surface area contributed by atoms with E-state index >= 15 is 0 Å². The lowest BCUT2D eigenvalue weighted by Crippen LogP contribution is -2.39. The Morgan fingerprint density at radius 1 is 1.54 bits per heavy atom. The third-order valence-corrected chi connectivity index (χ3v) is 2.37. The van der Waals surface area contributed by atoms with Gasteiger partial charge in [-0.3, -0.25) is 4.79 Å². The minimum Gasteiger partial charge on any atom is -0.481 e. The van der Waals surface area contributed by atoms with Crippen LogP contribution in [0.5, 0.6) is 0 Å². The molecule has 0 fully saturated rings. The van der Waals surface area contributed by atoms with Gasteiger partial charge in [0.1, 0.15) is 0 Å². The van der Waals surface area contributed by atoms with E-state index in [-0.39, 0.29) is 6.54 Å². The molecule has 3 heteroatoms. The van der Waals surface area contributed by atoms with Crippen molar-refractivity contribution < 1.29 is 9.90 Å². The van der Waals surface area contributed by atoms with Crippen LogP contribution in [0.2, 0.25) is 0 Å². The van der Waals surface area contributed by atoms with Crippen molar-refractivity contribution in [3.63, 3.8) is 0 Å². The Hall–Kier alpha value is -0.570. The molecule has 0 amide bonds. The minimum atomic E-state index is -0.745. The molecule has 0 aromatic rings. The third kappa shape index (κ3) is 3.35. The highest BCUT2D eigenvalue weighted by Crippen LogP contribution is 2.31. The van der Waals surface area contributed by atoms with Gasteiger partial charge in [0.2, 0.25) is 0 Å². The number of aliphatic carboxylic acids is 1. The van der Waals surface area contributed by atoms with Crippen molar-refractivity contribution in [2.75, 3.05) is 6.54 Å². The number of hydrogen-bond acceptors (Lipinski definition) is 2. The van der Waals surface area contributed by atoms with E-state index in [0.29, 0.717) is 18.8 Å². The lowest BCUT2D eigenvalue weighted by molar-refractivity contribution is -0.150. The molecule has 1 unspecified atom stereocenters. The number of carboxylic acid groups (broad SMARTS) is 1. The molecule has 3 N–H and O–H groups in total. The van der Waals surface area contributed by atoms with Crippen LogP contribution in [0, 0.1) is 11.3 Å². The van der Waals surface area contributed by atoms with E-state index < -0.39 is 11.4 Å². The van der Waals surface area contributed by atoms with Crippen molar-refractivity contribution in [2.45, 2.75) is 40.0 Å². The summed E-state index contributed by atoms with van der Waals surface area (Å²) in [6.45, 7) is 6.30. The molecule has 0 aliphatic heterocycles. The first-order chi connectivity index (χ1) is 5.98. The van der Waals surface area contributed by atoms with Crippen LogP contribution in [0.1, 0.15) is 40.0 Å². The summed E-state index contributed by atoms with van der Waals surface area (Å²) >= 11 is 0. The summed E-state index contributed by atoms with van der Waals surface area (Å²) in [6.07, 6.45) is 2.22. The molecule has 0 rings (SSSR count). The first-order valence-corrected chi connectivity index (χ1v) is 4.92. The van der Waals surface area contributed by atoms with Crippen LogP contribution in [-0.4, -0.2) is 17.6 Å². The molecule has 1 atom stereocenters. The molecular formula is C10H21NO2. The monoisotopic (exact) mass is 187 g/mol. The van der Waals surface area contributed by atoms with E-state index in [1.807, 2.05) is 20.8 Å². The van der Waals surface area contributed by atoms with E-state index in [4.69, 9.17) is 10.8 Å². The van der Waals surface area contributed by atoms with E-state index in [9.17, 15) is 4.79 Å². The fraction of sp³-hybridized carbons (Fsp3) is 0.900. The maximum absolute atomic E-state index is 11.1. The first kappa shape index (κ1) is 12.4. The van der Waals surface area contributed by atoms with Crippen LogP contribution in [0.15, 0.2) is 0 Å². The molecule has 0 aliphatic rings. The van der Waals surface area contributed by atoms with E-state index in [2.05, 4.69) is 0 Å². The Kier molecular flexibility index (Phi) is 4.99. The van der Waals surface area contributed by atoms with E-state index in [1.165, 1.54) is 0 Å². The van der Waals surface area contributed by atoms with Crippen molar-refractivity contribution in [1.29, 1.82) is 0 Å². The standard InChI is InChI=1S/C10H21NO2/c1-4-5-10(7-11,9(12)13)6-8(2)3/h8H,4-7,11H2,1-3H3,(H,12,13). The van der Waals surface area contributed by atoms with Crippen molar-refractivity contribution in [2.24, 2.45) is 17.1 Å². The van der Waals surface area contributed by atoms with Gasteiger partial charge >= 0.3 is 5.97 Å². The first-order valence-electron chi connectivity index (χ1n) is 4.92. The SMILES string of the molecule is CCCC(CN)(CC(C)C)C(=O)O. The molecule has 13 heavy (non-hydrogen) atoms. The summed E-state index contributed by atoms with van der Waals surface area (Å²) in [6, 6.07) is 0. The van der Waals surface area contributed by atoms with Gasteiger partial charge in [-0.15, -0.1) is 0 Å². The van der Waals surface area contributed by atoms with Crippen LogP contribution >= 0.6 is 0 Å². The lowest BCUT2D eigenvalue weighted by atomic mass is 9.76. The average molecular weight is 187 g/mol. The van der Waals surface area contributed by atoms with Gasteiger partial charge in [0.25, 0.3) is 0 Å². The van der Waals surface area contributed by atoms with Gasteiger partial charge in [0, 0.05) is 6.54 Å². The Labute approximate surface area is 80.3 Å². The summed E-state index contributed by atoms with van der Waals surface area (Å²) in [5, 5.41) is 9.12. The second-order valence-electron chi connectivity index (χ2n) is 4.14. The molecule has 0 bridgehead atoms. The largest absolute Gasteiger partial charge is 0.481 e. The maximum atomic E-state index is 11.1. The van der Waals surface area contributed by atoms with Crippen LogP contribution in [0.4, 0.5) is 0 Å². The van der Waals surface area contributed by atoms with Gasteiger partial charge in [0.15, 0.2) is 0 Å². The summed E-state index contributed by atoms with van der Waals surface area (Å²) in [4.78, 5) is 11.1. The number of carboxylic acids is 1. The highest BCUT2D eigenvalue weighted by Gasteiger charge is 2.36. The molecule has 0 heterocycles. The lowest BCUT2D eigenvalue weighted by Gasteiger charge is -2.29. The summed E-state index contributed by atoms with van der Waals surface area (Å²) < 4.78 is 0. The zero-order valence-electron chi connectivity index (χ0n) is 8.84. The second kappa shape index (κ2) is 5.22. The van der Waals surface area contributed by atoms with Gasteiger partial charge in [-0.1, -0.05) is 27.2 Å². The quantitative estimate of drug-likeness (QED) is 0.667. The molecule has 0 aliphatic carbocycles. The smallest absolute Gasteiger partial charge is 0.310 e. The zero-order chi connectivity index (χ0) is 10.5. The van der Waals surface area contributed by atoms with Crippen LogP contribution < -0.4 is 5.73 Å². The van der Waals surface area contributed by atoms with Crippen LogP contribution in [0.25, 0.3) is 0 Å². The number of hydrogen-bond donors (Lipinski definition) is 2. The molecule has 3 nitrogen and oxygen atoms in total. The molecule has 78 valence electrons. The summed E-state index contributed by atoms with van der Waals surface area (Å²) in [7, 11) is 0. The molecule has 0 aromatic carbocycles. The fourth-order valence-electron chi connectivity index (χ4n) is 1.83. The zero-order valence-corrected chi connectivity index (χ0v) is 8.84. The van der Waals surface area contributed by atoms with E-state index in [1.54, 1.807) is 0 Å². The number of rotatable bonds is 6. The van der Waals surface area contributed by atoms with Crippen LogP contribution in [-0.2, 0) is 4.79 Å². The second-order valence-corrected chi connectivity index (χ2v) is 4.14. The average Bonchev–Trinajstić information content (AvgIpc) is 2.02. The Bertz CT molecular complexity index is 168. The summed E-state index contributed by atoms with van der Waals surface area (Å²) in [5.74, 6) is -0.364. The molecule has 0 spiro atoms. The maximum Gasteiger partial charge on any atom is 0.310 e. The van der Waals surface area contributed by atoms with Gasteiger partial charge < -0.3 is 10.8 Å². The predicted octanol–water partition coefficient (Wildman–Crippen LogP) is 1.86. The van der Waals surface area contributed by atoms with Crippen molar-refractivity contribution >= 4 is 5.97 Å². The molecule has 0 saturated heterocycles. The van der Waals surface area contributed by atoms with Crippen molar-refractivity contribution in [3.05, 3.63) is 0 Å². The van der Waals surface area contributed by atoms with E-state index in [0.717, 1.165) is 6.42 Å². The van der Waals surface area contributed by atoms with Crippen molar-refractivity contribution in [1.82, 2.24) is 0 Å². The van der Waals surface area contributed by atoms with Crippen molar-refractivity contribution in [3.8, 4) is 0 Å². The molecule has 0 radical (unpaired) electrons. The number of nitrogens with two attached hydrogens (primary N) is 1. The predicted molar refractivity (Wildman–Crippen MR) is 53.5 cm³/mol.